The molecule has 1 N–H and O–H groups in total. The highest BCUT2D eigenvalue weighted by atomic mass is 35.5. The summed E-state index contributed by atoms with van der Waals surface area (Å²) in [5.74, 6) is -1.65. The zero-order valence-electron chi connectivity index (χ0n) is 11.3. The molecule has 0 radical (unpaired) electrons. The second kappa shape index (κ2) is 4.90. The van der Waals surface area contributed by atoms with Crippen LogP contribution in [0, 0.1) is 17.0 Å². The maximum absolute atomic E-state index is 14.4. The van der Waals surface area contributed by atoms with E-state index in [1.54, 1.807) is 0 Å². The van der Waals surface area contributed by atoms with Gasteiger partial charge in [-0.15, -0.1) is 0 Å². The summed E-state index contributed by atoms with van der Waals surface area (Å²) in [7, 11) is 0. The van der Waals surface area contributed by atoms with Crippen molar-refractivity contribution in [2.75, 3.05) is 0 Å². The van der Waals surface area contributed by atoms with Crippen LogP contribution in [0.3, 0.4) is 0 Å². The molecule has 2 bridgehead atoms. The van der Waals surface area contributed by atoms with Crippen LogP contribution in [-0.2, 0) is 4.79 Å². The van der Waals surface area contributed by atoms with E-state index >= 15 is 0 Å². The van der Waals surface area contributed by atoms with E-state index in [0.29, 0.717) is 32.1 Å². The van der Waals surface area contributed by atoms with E-state index in [1.807, 2.05) is 0 Å². The van der Waals surface area contributed by atoms with Crippen LogP contribution in [0.1, 0.15) is 43.7 Å². The van der Waals surface area contributed by atoms with Crippen molar-refractivity contribution >= 4 is 18.0 Å². The number of halogens is 4. The molecule has 1 aromatic carbocycles. The van der Waals surface area contributed by atoms with Gasteiger partial charge in [-0.2, -0.15) is 0 Å². The summed E-state index contributed by atoms with van der Waals surface area (Å²) < 4.78 is 42.8. The van der Waals surface area contributed by atoms with E-state index in [-0.39, 0.29) is 17.0 Å². The van der Waals surface area contributed by atoms with Crippen LogP contribution in [0.4, 0.5) is 13.2 Å². The summed E-state index contributed by atoms with van der Waals surface area (Å²) >= 11 is 5.73. The molecule has 0 saturated heterocycles. The number of amides is 1. The van der Waals surface area contributed by atoms with E-state index in [2.05, 4.69) is 5.32 Å². The monoisotopic (exact) mass is 317 g/mol. The highest BCUT2D eigenvalue weighted by Gasteiger charge is 2.59. The van der Waals surface area contributed by atoms with Crippen molar-refractivity contribution in [3.05, 3.63) is 34.4 Å². The fourth-order valence-corrected chi connectivity index (χ4v) is 4.18. The van der Waals surface area contributed by atoms with Gasteiger partial charge in [0.15, 0.2) is 0 Å². The van der Waals surface area contributed by atoms with Crippen molar-refractivity contribution < 1.29 is 18.0 Å². The van der Waals surface area contributed by atoms with E-state index in [9.17, 15) is 18.0 Å². The predicted octanol–water partition coefficient (Wildman–Crippen LogP) is 4.08. The average Bonchev–Trinajstić information content (AvgIpc) is 2.97. The number of nitrogens with one attached hydrogen (secondary N) is 1. The van der Waals surface area contributed by atoms with Crippen LogP contribution in [0.5, 0.6) is 0 Å². The largest absolute Gasteiger partial charge is 0.351 e. The average molecular weight is 318 g/mol. The number of fused-ring (bicyclic) bond motifs is 2. The molecule has 114 valence electrons. The van der Waals surface area contributed by atoms with Crippen molar-refractivity contribution in [1.82, 2.24) is 5.32 Å². The van der Waals surface area contributed by atoms with E-state index < -0.39 is 28.8 Å². The van der Waals surface area contributed by atoms with Gasteiger partial charge in [-0.1, -0.05) is 11.6 Å². The maximum atomic E-state index is 14.4. The highest BCUT2D eigenvalue weighted by Crippen LogP contribution is 2.63. The van der Waals surface area contributed by atoms with Gasteiger partial charge in [-0.3, -0.25) is 4.79 Å². The Hall–Kier alpha value is -1.23. The molecule has 2 saturated carbocycles. The molecule has 2 aliphatic carbocycles. The Bertz CT molecular complexity index is 585. The number of benzene rings is 1. The van der Waals surface area contributed by atoms with Crippen molar-refractivity contribution in [3.8, 4) is 0 Å². The molecule has 21 heavy (non-hydrogen) atoms. The van der Waals surface area contributed by atoms with Gasteiger partial charge in [0.1, 0.15) is 17.3 Å². The molecule has 1 aromatic rings. The predicted molar refractivity (Wildman–Crippen MR) is 72.7 cm³/mol. The van der Waals surface area contributed by atoms with Crippen LogP contribution in [0.2, 0.25) is 5.02 Å². The molecule has 3 rings (SSSR count). The molecule has 1 unspecified atom stereocenters. The number of hydrogen-bond acceptors (Lipinski definition) is 1. The minimum Gasteiger partial charge on any atom is -0.351 e. The molecule has 0 heterocycles. The van der Waals surface area contributed by atoms with Gasteiger partial charge in [0, 0.05) is 5.56 Å². The van der Waals surface area contributed by atoms with Crippen LogP contribution in [-0.4, -0.2) is 12.1 Å². The first kappa shape index (κ1) is 14.7. The van der Waals surface area contributed by atoms with Gasteiger partial charge in [0.25, 0.3) is 0 Å². The molecule has 0 spiro atoms. The van der Waals surface area contributed by atoms with Crippen LogP contribution >= 0.6 is 11.6 Å². The SMILES string of the molecule is O=CNC(c1c(F)ccc(Cl)c1F)C12CCC(F)(CC1)C2. The minimum absolute atomic E-state index is 0.206. The van der Waals surface area contributed by atoms with Gasteiger partial charge in [-0.25, -0.2) is 13.2 Å². The number of alkyl halides is 1. The Morgan fingerprint density at radius 1 is 1.24 bits per heavy atom. The molecule has 2 aliphatic rings. The number of rotatable bonds is 4. The lowest BCUT2D eigenvalue weighted by Crippen LogP contribution is -2.36. The summed E-state index contributed by atoms with van der Waals surface area (Å²) in [5, 5.41) is 2.29. The number of carbonyl (C=O) groups is 1. The summed E-state index contributed by atoms with van der Waals surface area (Å²) in [5.41, 5.74) is -2.17. The third kappa shape index (κ3) is 2.22. The topological polar surface area (TPSA) is 29.1 Å². The summed E-state index contributed by atoms with van der Waals surface area (Å²) in [4.78, 5) is 10.9. The lowest BCUT2D eigenvalue weighted by atomic mass is 9.74. The van der Waals surface area contributed by atoms with Crippen molar-refractivity contribution in [3.63, 3.8) is 0 Å². The third-order valence-electron chi connectivity index (χ3n) is 5.03. The maximum Gasteiger partial charge on any atom is 0.207 e. The molecule has 6 heteroatoms. The standard InChI is InChI=1S/C15H15ClF3NO/c16-9-1-2-10(17)11(12(9)18)13(20-8-21)14-3-5-15(19,7-14)6-4-14/h1-2,8,13H,3-7H2,(H,20,21). The molecule has 1 atom stereocenters. The van der Waals surface area contributed by atoms with Crippen molar-refractivity contribution in [2.45, 2.75) is 43.8 Å². The molecule has 0 aliphatic heterocycles. The Morgan fingerprint density at radius 2 is 1.90 bits per heavy atom. The Morgan fingerprint density at radius 3 is 2.43 bits per heavy atom. The Labute approximate surface area is 125 Å². The molecule has 0 aromatic heterocycles. The summed E-state index contributed by atoms with van der Waals surface area (Å²) in [6.07, 6.45) is 2.37. The number of hydrogen-bond donors (Lipinski definition) is 1. The van der Waals surface area contributed by atoms with E-state index in [0.717, 1.165) is 12.1 Å². The highest BCUT2D eigenvalue weighted by molar-refractivity contribution is 6.30. The van der Waals surface area contributed by atoms with E-state index in [1.165, 1.54) is 0 Å². The second-order valence-corrected chi connectivity index (χ2v) is 6.57. The van der Waals surface area contributed by atoms with Gasteiger partial charge in [0.05, 0.1) is 11.1 Å². The van der Waals surface area contributed by atoms with E-state index in [4.69, 9.17) is 11.6 Å². The van der Waals surface area contributed by atoms with Crippen molar-refractivity contribution in [1.29, 1.82) is 0 Å². The lowest BCUT2D eigenvalue weighted by molar-refractivity contribution is -0.111. The van der Waals surface area contributed by atoms with Gasteiger partial charge in [-0.05, 0) is 49.7 Å². The molecule has 2 nitrogen and oxygen atoms in total. The zero-order valence-corrected chi connectivity index (χ0v) is 12.0. The first-order chi connectivity index (χ1) is 9.91. The van der Waals surface area contributed by atoms with Crippen molar-refractivity contribution in [2.24, 2.45) is 5.41 Å². The zero-order chi connectivity index (χ0) is 15.3. The minimum atomic E-state index is -1.27. The smallest absolute Gasteiger partial charge is 0.207 e. The first-order valence-electron chi connectivity index (χ1n) is 6.93. The quantitative estimate of drug-likeness (QED) is 0.658. The molecule has 1 amide bonds. The van der Waals surface area contributed by atoms with Crippen LogP contribution in [0.25, 0.3) is 0 Å². The molecular weight excluding hydrogens is 303 g/mol. The third-order valence-corrected chi connectivity index (χ3v) is 5.32. The fraction of sp³-hybridized carbons (Fsp3) is 0.533. The first-order valence-corrected chi connectivity index (χ1v) is 7.31. The van der Waals surface area contributed by atoms with Crippen LogP contribution in [0.15, 0.2) is 12.1 Å². The van der Waals surface area contributed by atoms with Gasteiger partial charge in [0.2, 0.25) is 6.41 Å². The summed E-state index contributed by atoms with van der Waals surface area (Å²) in [6, 6.07) is 1.31. The van der Waals surface area contributed by atoms with Gasteiger partial charge < -0.3 is 5.32 Å². The Balaban J connectivity index is 2.08. The van der Waals surface area contributed by atoms with Gasteiger partial charge >= 0.3 is 0 Å². The Kier molecular flexibility index (Phi) is 3.43. The normalized spacial score (nSPS) is 32.2. The number of carbonyl (C=O) groups excluding carboxylic acids is 1. The second-order valence-electron chi connectivity index (χ2n) is 6.16. The molecule has 2 fully saturated rings. The lowest BCUT2D eigenvalue weighted by Gasteiger charge is -2.36. The molecular formula is C15H15ClF3NO. The van der Waals surface area contributed by atoms with Crippen LogP contribution < -0.4 is 5.32 Å². The summed E-state index contributed by atoms with van der Waals surface area (Å²) in [6.45, 7) is 0. The fourth-order valence-electron chi connectivity index (χ4n) is 4.01.